The summed E-state index contributed by atoms with van der Waals surface area (Å²) in [6.45, 7) is 4.13. The van der Waals surface area contributed by atoms with Crippen molar-refractivity contribution in [2.24, 2.45) is 10.9 Å². The van der Waals surface area contributed by atoms with Crippen molar-refractivity contribution in [2.75, 3.05) is 0 Å². The Morgan fingerprint density at radius 1 is 1.29 bits per heavy atom. The summed E-state index contributed by atoms with van der Waals surface area (Å²) >= 11 is 0. The van der Waals surface area contributed by atoms with Crippen LogP contribution < -0.4 is 5.32 Å². The molecule has 1 aromatic heterocycles. The molecule has 3 rings (SSSR count). The highest BCUT2D eigenvalue weighted by molar-refractivity contribution is 6.02. The first-order chi connectivity index (χ1) is 11.6. The third kappa shape index (κ3) is 3.35. The Morgan fingerprint density at radius 3 is 2.83 bits per heavy atom. The second-order valence-electron chi connectivity index (χ2n) is 6.62. The van der Waals surface area contributed by atoms with Gasteiger partial charge in [-0.3, -0.25) is 0 Å². The van der Waals surface area contributed by atoms with Crippen LogP contribution in [0.1, 0.15) is 32.3 Å². The number of carbonyl (C=O) groups excluding carboxylic acids is 1. The van der Waals surface area contributed by atoms with Crippen molar-refractivity contribution in [3.63, 3.8) is 0 Å². The van der Waals surface area contributed by atoms with Gasteiger partial charge < -0.3 is 20.2 Å². The maximum absolute atomic E-state index is 11.4. The third-order valence-corrected chi connectivity index (χ3v) is 4.28. The smallest absolute Gasteiger partial charge is 0.230 e. The number of aliphatic imine (C=N–C) groups is 1. The van der Waals surface area contributed by atoms with E-state index in [1.165, 1.54) is 10.9 Å². The van der Waals surface area contributed by atoms with E-state index < -0.39 is 6.04 Å². The number of aryl methyl sites for hydroxylation is 1. The molecule has 1 aromatic carbocycles. The quantitative estimate of drug-likeness (QED) is 0.712. The van der Waals surface area contributed by atoms with Gasteiger partial charge in [0.15, 0.2) is 0 Å². The van der Waals surface area contributed by atoms with Crippen LogP contribution >= 0.6 is 0 Å². The SMILES string of the molecule is CC(C)CC1=NC(O)=C(CCc2c[nH]c3ccccc23)NC1C=O. The van der Waals surface area contributed by atoms with E-state index in [9.17, 15) is 9.90 Å². The summed E-state index contributed by atoms with van der Waals surface area (Å²) in [5.41, 5.74) is 3.62. The lowest BCUT2D eigenvalue weighted by atomic mass is 9.99. The van der Waals surface area contributed by atoms with Crippen molar-refractivity contribution in [3.8, 4) is 0 Å². The lowest BCUT2D eigenvalue weighted by molar-refractivity contribution is -0.108. The molecule has 5 heteroatoms. The first-order valence-electron chi connectivity index (χ1n) is 8.35. The van der Waals surface area contributed by atoms with Gasteiger partial charge in [-0.1, -0.05) is 32.0 Å². The Bertz CT molecular complexity index is 802. The van der Waals surface area contributed by atoms with E-state index in [2.05, 4.69) is 35.2 Å². The predicted molar refractivity (Wildman–Crippen MR) is 96.2 cm³/mol. The molecule has 0 fully saturated rings. The van der Waals surface area contributed by atoms with Crippen LogP contribution in [-0.2, 0) is 11.2 Å². The molecular weight excluding hydrogens is 302 g/mol. The Morgan fingerprint density at radius 2 is 2.08 bits per heavy atom. The van der Waals surface area contributed by atoms with E-state index >= 15 is 0 Å². The van der Waals surface area contributed by atoms with E-state index in [1.54, 1.807) is 0 Å². The molecule has 0 aliphatic carbocycles. The van der Waals surface area contributed by atoms with Crippen molar-refractivity contribution in [1.82, 2.24) is 10.3 Å². The van der Waals surface area contributed by atoms with Crippen molar-refractivity contribution in [3.05, 3.63) is 47.6 Å². The number of fused-ring (bicyclic) bond motifs is 1. The molecule has 1 unspecified atom stereocenters. The summed E-state index contributed by atoms with van der Waals surface area (Å²) in [6, 6.07) is 7.69. The fourth-order valence-electron chi connectivity index (χ4n) is 3.09. The standard InChI is InChI=1S/C19H23N3O2/c1-12(2)9-17-18(11-23)21-16(19(24)22-17)8-7-13-10-20-15-6-4-3-5-14(13)15/h3-6,10-12,18,20-21,24H,7-9H2,1-2H3. The number of aromatic amines is 1. The number of benzene rings is 1. The second kappa shape index (κ2) is 6.91. The van der Waals surface area contributed by atoms with E-state index in [-0.39, 0.29) is 5.88 Å². The van der Waals surface area contributed by atoms with Crippen LogP contribution in [0.25, 0.3) is 10.9 Å². The van der Waals surface area contributed by atoms with E-state index in [1.807, 2.05) is 24.4 Å². The Hall–Kier alpha value is -2.56. The number of rotatable bonds is 6. The number of allylic oxidation sites excluding steroid dienone is 1. The first kappa shape index (κ1) is 16.3. The minimum absolute atomic E-state index is 0.00333. The van der Waals surface area contributed by atoms with Crippen LogP contribution in [-0.4, -0.2) is 28.1 Å². The van der Waals surface area contributed by atoms with Crippen LogP contribution in [0.2, 0.25) is 0 Å². The van der Waals surface area contributed by atoms with Crippen LogP contribution in [0.5, 0.6) is 0 Å². The predicted octanol–water partition coefficient (Wildman–Crippen LogP) is 3.49. The molecule has 1 aliphatic heterocycles. The molecule has 0 saturated carbocycles. The van der Waals surface area contributed by atoms with Gasteiger partial charge in [0, 0.05) is 17.1 Å². The topological polar surface area (TPSA) is 77.5 Å². The highest BCUT2D eigenvalue weighted by Gasteiger charge is 2.24. The summed E-state index contributed by atoms with van der Waals surface area (Å²) < 4.78 is 0. The highest BCUT2D eigenvalue weighted by atomic mass is 16.3. The molecule has 2 aromatic rings. The van der Waals surface area contributed by atoms with Gasteiger partial charge in [0.05, 0.1) is 11.4 Å². The van der Waals surface area contributed by atoms with Gasteiger partial charge in [-0.05, 0) is 36.8 Å². The van der Waals surface area contributed by atoms with E-state index in [0.29, 0.717) is 30.2 Å². The third-order valence-electron chi connectivity index (χ3n) is 4.28. The number of aliphatic hydroxyl groups excluding tert-OH is 1. The number of aromatic nitrogens is 1. The van der Waals surface area contributed by atoms with Gasteiger partial charge in [-0.2, -0.15) is 0 Å². The summed E-state index contributed by atoms with van der Waals surface area (Å²) in [6.07, 6.45) is 4.92. The lowest BCUT2D eigenvalue weighted by Crippen LogP contribution is -2.41. The zero-order valence-corrected chi connectivity index (χ0v) is 14.0. The van der Waals surface area contributed by atoms with Crippen LogP contribution in [0.3, 0.4) is 0 Å². The zero-order chi connectivity index (χ0) is 17.1. The largest absolute Gasteiger partial charge is 0.492 e. The Kier molecular flexibility index (Phi) is 4.69. The van der Waals surface area contributed by atoms with Gasteiger partial charge in [0.25, 0.3) is 0 Å². The molecule has 1 atom stereocenters. The molecule has 24 heavy (non-hydrogen) atoms. The molecule has 0 spiro atoms. The summed E-state index contributed by atoms with van der Waals surface area (Å²) in [5.74, 6) is 0.386. The minimum Gasteiger partial charge on any atom is -0.492 e. The fraction of sp³-hybridized carbons (Fsp3) is 0.368. The normalized spacial score (nSPS) is 18.0. The van der Waals surface area contributed by atoms with Gasteiger partial charge in [0.2, 0.25) is 5.88 Å². The monoisotopic (exact) mass is 325 g/mol. The fourth-order valence-corrected chi connectivity index (χ4v) is 3.09. The molecule has 3 N–H and O–H groups in total. The zero-order valence-electron chi connectivity index (χ0n) is 14.0. The summed E-state index contributed by atoms with van der Waals surface area (Å²) in [4.78, 5) is 18.9. The lowest BCUT2D eigenvalue weighted by Gasteiger charge is -2.24. The first-order valence-corrected chi connectivity index (χ1v) is 8.35. The maximum atomic E-state index is 11.4. The number of nitrogens with zero attached hydrogens (tertiary/aromatic N) is 1. The minimum atomic E-state index is -0.443. The number of H-pyrrole nitrogens is 1. The van der Waals surface area contributed by atoms with Crippen molar-refractivity contribution in [1.29, 1.82) is 0 Å². The number of nitrogens with one attached hydrogen (secondary N) is 2. The average molecular weight is 325 g/mol. The number of aldehydes is 1. The molecule has 0 radical (unpaired) electrons. The van der Waals surface area contributed by atoms with Crippen molar-refractivity contribution < 1.29 is 9.90 Å². The van der Waals surface area contributed by atoms with E-state index in [4.69, 9.17) is 0 Å². The number of hydrogen-bond donors (Lipinski definition) is 3. The molecule has 0 amide bonds. The van der Waals surface area contributed by atoms with Crippen LogP contribution in [0.4, 0.5) is 0 Å². The van der Waals surface area contributed by atoms with Crippen molar-refractivity contribution in [2.45, 2.75) is 39.2 Å². The average Bonchev–Trinajstić information content (AvgIpc) is 2.97. The number of para-hydroxylation sites is 1. The van der Waals surface area contributed by atoms with Crippen molar-refractivity contribution >= 4 is 22.9 Å². The number of carbonyl (C=O) groups is 1. The summed E-state index contributed by atoms with van der Waals surface area (Å²) in [5, 5.41) is 14.5. The van der Waals surface area contributed by atoms with Crippen LogP contribution in [0.15, 0.2) is 47.0 Å². The maximum Gasteiger partial charge on any atom is 0.230 e. The molecule has 0 saturated heterocycles. The molecule has 126 valence electrons. The van der Waals surface area contributed by atoms with Gasteiger partial charge >= 0.3 is 0 Å². The van der Waals surface area contributed by atoms with Gasteiger partial charge in [-0.15, -0.1) is 0 Å². The summed E-state index contributed by atoms with van der Waals surface area (Å²) in [7, 11) is 0. The van der Waals surface area contributed by atoms with E-state index in [0.717, 1.165) is 18.2 Å². The molecule has 2 heterocycles. The molecule has 5 nitrogen and oxygen atoms in total. The van der Waals surface area contributed by atoms with Gasteiger partial charge in [-0.25, -0.2) is 4.99 Å². The Balaban J connectivity index is 1.77. The molecule has 1 aliphatic rings. The van der Waals surface area contributed by atoms with Crippen LogP contribution in [0, 0.1) is 5.92 Å². The second-order valence-corrected chi connectivity index (χ2v) is 6.62. The highest BCUT2D eigenvalue weighted by Crippen LogP contribution is 2.22. The molecular formula is C19H23N3O2. The molecule has 0 bridgehead atoms. The number of aliphatic hydroxyl groups is 1. The Labute approximate surface area is 141 Å². The van der Waals surface area contributed by atoms with Gasteiger partial charge in [0.1, 0.15) is 12.3 Å². The number of hydrogen-bond acceptors (Lipinski definition) is 4.